The van der Waals surface area contributed by atoms with Crippen LogP contribution in [0.3, 0.4) is 0 Å². The molecule has 8 aromatic carbocycles. The van der Waals surface area contributed by atoms with E-state index in [1.54, 1.807) is 0 Å². The van der Waals surface area contributed by atoms with Crippen molar-refractivity contribution in [3.8, 4) is 22.3 Å². The summed E-state index contributed by atoms with van der Waals surface area (Å²) in [6.45, 7) is 0. The number of furan rings is 2. The lowest BCUT2D eigenvalue weighted by molar-refractivity contribution is 0.666. The van der Waals surface area contributed by atoms with Crippen LogP contribution in [0, 0.1) is 0 Å². The first-order valence-corrected chi connectivity index (χ1v) is 16.6. The number of hydrogen-bond donors (Lipinski definition) is 0. The zero-order valence-corrected chi connectivity index (χ0v) is 26.5. The van der Waals surface area contributed by atoms with E-state index < -0.39 is 0 Å². The van der Waals surface area contributed by atoms with Crippen molar-refractivity contribution in [2.75, 3.05) is 4.90 Å². The number of nitrogens with zero attached hydrogens (tertiary/aromatic N) is 1. The number of rotatable bonds is 5. The van der Waals surface area contributed by atoms with E-state index in [1.807, 2.05) is 18.2 Å². The SMILES string of the molecule is c1ccc(-c2ccc(N(c3cccc4c3oc3ccccc34)c3ccc(-c4ccccc4)c4c3oc3ccccc34)c3ccccc23)cc1. The molecule has 0 aliphatic rings. The molecule has 0 N–H and O–H groups in total. The highest BCUT2D eigenvalue weighted by atomic mass is 16.3. The van der Waals surface area contributed by atoms with Gasteiger partial charge in [0.15, 0.2) is 11.2 Å². The summed E-state index contributed by atoms with van der Waals surface area (Å²) in [7, 11) is 0. The highest BCUT2D eigenvalue weighted by molar-refractivity contribution is 6.19. The molecular formula is C46H29NO2. The normalized spacial score (nSPS) is 11.7. The Hall–Kier alpha value is -6.58. The Morgan fingerprint density at radius 2 is 0.816 bits per heavy atom. The van der Waals surface area contributed by atoms with E-state index in [0.29, 0.717) is 0 Å². The fourth-order valence-electron chi connectivity index (χ4n) is 7.49. The Morgan fingerprint density at radius 3 is 1.57 bits per heavy atom. The van der Waals surface area contributed by atoms with Gasteiger partial charge in [-0.15, -0.1) is 0 Å². The average molecular weight is 628 g/mol. The fourth-order valence-corrected chi connectivity index (χ4v) is 7.49. The van der Waals surface area contributed by atoms with Crippen LogP contribution in [0.25, 0.3) is 76.9 Å². The fraction of sp³-hybridized carbons (Fsp3) is 0. The first-order chi connectivity index (χ1) is 24.3. The van der Waals surface area contributed by atoms with Gasteiger partial charge in [-0.05, 0) is 58.0 Å². The summed E-state index contributed by atoms with van der Waals surface area (Å²) in [6.07, 6.45) is 0. The van der Waals surface area contributed by atoms with Gasteiger partial charge in [-0.25, -0.2) is 0 Å². The second kappa shape index (κ2) is 11.0. The summed E-state index contributed by atoms with van der Waals surface area (Å²) in [5, 5.41) is 6.65. The van der Waals surface area contributed by atoms with Crippen LogP contribution in [0.5, 0.6) is 0 Å². The van der Waals surface area contributed by atoms with Crippen LogP contribution >= 0.6 is 0 Å². The summed E-state index contributed by atoms with van der Waals surface area (Å²) in [6, 6.07) is 61.8. The van der Waals surface area contributed by atoms with Gasteiger partial charge >= 0.3 is 0 Å². The van der Waals surface area contributed by atoms with Gasteiger partial charge in [0.05, 0.1) is 17.1 Å². The zero-order chi connectivity index (χ0) is 32.3. The molecule has 0 saturated heterocycles. The maximum atomic E-state index is 6.87. The minimum Gasteiger partial charge on any atom is -0.454 e. The van der Waals surface area contributed by atoms with Gasteiger partial charge in [-0.3, -0.25) is 0 Å². The molecule has 0 fully saturated rings. The molecule has 10 rings (SSSR count). The van der Waals surface area contributed by atoms with Crippen molar-refractivity contribution in [3.05, 3.63) is 176 Å². The first kappa shape index (κ1) is 27.5. The molecular weight excluding hydrogens is 599 g/mol. The number of hydrogen-bond acceptors (Lipinski definition) is 3. The molecule has 0 atom stereocenters. The molecule has 2 aromatic heterocycles. The minimum atomic E-state index is 0.826. The van der Waals surface area contributed by atoms with E-state index >= 15 is 0 Å². The highest BCUT2D eigenvalue weighted by Gasteiger charge is 2.26. The van der Waals surface area contributed by atoms with Crippen molar-refractivity contribution in [2.45, 2.75) is 0 Å². The number of para-hydroxylation sites is 3. The average Bonchev–Trinajstić information content (AvgIpc) is 3.76. The molecule has 0 bridgehead atoms. The van der Waals surface area contributed by atoms with Crippen molar-refractivity contribution >= 4 is 71.7 Å². The first-order valence-electron chi connectivity index (χ1n) is 16.6. The van der Waals surface area contributed by atoms with Crippen LogP contribution < -0.4 is 4.90 Å². The standard InChI is InChI=1S/C46H29NO2/c1-3-14-30(15-4-1)32-26-28-39(35-19-8-7-18-34(32)35)47(40-23-13-22-37-36-20-9-11-24-42(36)48-45(37)40)41-29-27-33(31-16-5-2-6-17-31)44-38-21-10-12-25-43(38)49-46(41)44/h1-29H. The van der Waals surface area contributed by atoms with Crippen molar-refractivity contribution in [1.82, 2.24) is 0 Å². The molecule has 2 heterocycles. The molecule has 0 aliphatic heterocycles. The Morgan fingerprint density at radius 1 is 0.306 bits per heavy atom. The maximum absolute atomic E-state index is 6.87. The Balaban J connectivity index is 1.33. The van der Waals surface area contributed by atoms with Crippen molar-refractivity contribution in [3.63, 3.8) is 0 Å². The van der Waals surface area contributed by atoms with Crippen LogP contribution in [-0.2, 0) is 0 Å². The topological polar surface area (TPSA) is 29.5 Å². The summed E-state index contributed by atoms with van der Waals surface area (Å²) >= 11 is 0. The number of benzene rings is 8. The number of anilines is 3. The second-order valence-corrected chi connectivity index (χ2v) is 12.4. The van der Waals surface area contributed by atoms with Crippen molar-refractivity contribution in [2.24, 2.45) is 0 Å². The van der Waals surface area contributed by atoms with Crippen LogP contribution in [0.15, 0.2) is 185 Å². The molecule has 0 amide bonds. The predicted molar refractivity (Wildman–Crippen MR) is 204 cm³/mol. The molecule has 0 spiro atoms. The summed E-state index contributed by atoms with van der Waals surface area (Å²) in [5.74, 6) is 0. The van der Waals surface area contributed by atoms with Gasteiger partial charge in [0.1, 0.15) is 11.2 Å². The Kier molecular flexibility index (Phi) is 6.18. The molecule has 3 nitrogen and oxygen atoms in total. The molecule has 230 valence electrons. The molecule has 0 unspecified atom stereocenters. The van der Waals surface area contributed by atoms with E-state index in [0.717, 1.165) is 77.5 Å². The van der Waals surface area contributed by atoms with Gasteiger partial charge in [0.25, 0.3) is 0 Å². The van der Waals surface area contributed by atoms with Crippen LogP contribution in [0.4, 0.5) is 17.1 Å². The monoisotopic (exact) mass is 627 g/mol. The summed E-state index contributed by atoms with van der Waals surface area (Å²) in [4.78, 5) is 2.33. The predicted octanol–water partition coefficient (Wildman–Crippen LogP) is 13.4. The number of fused-ring (bicyclic) bond motifs is 7. The zero-order valence-electron chi connectivity index (χ0n) is 26.5. The van der Waals surface area contributed by atoms with Crippen molar-refractivity contribution in [1.29, 1.82) is 0 Å². The van der Waals surface area contributed by atoms with E-state index in [-0.39, 0.29) is 0 Å². The van der Waals surface area contributed by atoms with E-state index in [1.165, 1.54) is 16.5 Å². The lowest BCUT2D eigenvalue weighted by Gasteiger charge is -2.28. The van der Waals surface area contributed by atoms with Gasteiger partial charge < -0.3 is 13.7 Å². The lowest BCUT2D eigenvalue weighted by Crippen LogP contribution is -2.11. The third-order valence-electron chi connectivity index (χ3n) is 9.68. The maximum Gasteiger partial charge on any atom is 0.160 e. The quantitative estimate of drug-likeness (QED) is 0.190. The third kappa shape index (κ3) is 4.29. The van der Waals surface area contributed by atoms with Crippen LogP contribution in [0.2, 0.25) is 0 Å². The Bertz CT molecular complexity index is 2830. The third-order valence-corrected chi connectivity index (χ3v) is 9.68. The molecule has 3 heteroatoms. The molecule has 49 heavy (non-hydrogen) atoms. The van der Waals surface area contributed by atoms with E-state index in [9.17, 15) is 0 Å². The second-order valence-electron chi connectivity index (χ2n) is 12.4. The molecule has 0 aliphatic carbocycles. The minimum absolute atomic E-state index is 0.826. The smallest absolute Gasteiger partial charge is 0.160 e. The summed E-state index contributed by atoms with van der Waals surface area (Å²) < 4.78 is 13.6. The largest absolute Gasteiger partial charge is 0.454 e. The summed E-state index contributed by atoms with van der Waals surface area (Å²) in [5.41, 5.74) is 11.0. The van der Waals surface area contributed by atoms with Gasteiger partial charge in [0, 0.05) is 26.9 Å². The highest BCUT2D eigenvalue weighted by Crippen LogP contribution is 2.50. The van der Waals surface area contributed by atoms with Crippen LogP contribution in [-0.4, -0.2) is 0 Å². The Labute approximate surface area is 282 Å². The van der Waals surface area contributed by atoms with E-state index in [2.05, 4.69) is 163 Å². The molecule has 0 radical (unpaired) electrons. The molecule has 0 saturated carbocycles. The van der Waals surface area contributed by atoms with Crippen molar-refractivity contribution < 1.29 is 8.83 Å². The van der Waals surface area contributed by atoms with E-state index in [4.69, 9.17) is 8.83 Å². The van der Waals surface area contributed by atoms with Gasteiger partial charge in [-0.2, -0.15) is 0 Å². The van der Waals surface area contributed by atoms with Gasteiger partial charge in [-0.1, -0.05) is 146 Å². The van der Waals surface area contributed by atoms with Crippen LogP contribution in [0.1, 0.15) is 0 Å². The lowest BCUT2D eigenvalue weighted by atomic mass is 9.95. The molecule has 10 aromatic rings. The van der Waals surface area contributed by atoms with Gasteiger partial charge in [0.2, 0.25) is 0 Å².